The van der Waals surface area contributed by atoms with Gasteiger partial charge in [0.25, 0.3) is 0 Å². The molecule has 5 nitrogen and oxygen atoms in total. The molecule has 0 unspecified atom stereocenters. The second-order valence-corrected chi connectivity index (χ2v) is 4.36. The summed E-state index contributed by atoms with van der Waals surface area (Å²) in [5.74, 6) is 1.43. The van der Waals surface area contributed by atoms with Crippen LogP contribution in [0, 0.1) is 0 Å². The molecule has 1 aromatic rings. The number of nitrogens with zero attached hydrogens (tertiary/aromatic N) is 1. The van der Waals surface area contributed by atoms with E-state index in [1.165, 1.54) is 14.2 Å². The van der Waals surface area contributed by atoms with Crippen LogP contribution in [0.15, 0.2) is 12.1 Å². The highest BCUT2D eigenvalue weighted by Gasteiger charge is 2.20. The van der Waals surface area contributed by atoms with Crippen LogP contribution in [0.3, 0.4) is 0 Å². The van der Waals surface area contributed by atoms with Crippen molar-refractivity contribution in [1.29, 1.82) is 0 Å². The van der Waals surface area contributed by atoms with Crippen LogP contribution in [-0.4, -0.2) is 52.7 Å². The minimum Gasteiger partial charge on any atom is -0.493 e. The zero-order valence-corrected chi connectivity index (χ0v) is 12.1. The fourth-order valence-corrected chi connectivity index (χ4v) is 1.78. The lowest BCUT2D eigenvalue weighted by atomic mass is 10.1. The molecule has 0 radical (unpaired) electrons. The van der Waals surface area contributed by atoms with Crippen molar-refractivity contribution in [3.05, 3.63) is 17.7 Å². The molecule has 0 fully saturated rings. The van der Waals surface area contributed by atoms with Crippen LogP contribution in [0.4, 0.5) is 0 Å². The van der Waals surface area contributed by atoms with Gasteiger partial charge in [0.05, 0.1) is 26.9 Å². The summed E-state index contributed by atoms with van der Waals surface area (Å²) >= 11 is 0. The van der Waals surface area contributed by atoms with Crippen LogP contribution in [-0.2, 0) is 0 Å². The molecule has 19 heavy (non-hydrogen) atoms. The van der Waals surface area contributed by atoms with E-state index in [1.807, 2.05) is 19.0 Å². The van der Waals surface area contributed by atoms with Crippen LogP contribution >= 0.6 is 0 Å². The maximum Gasteiger partial charge on any atom is 0.204 e. The first-order chi connectivity index (χ1) is 9.04. The Hall–Kier alpha value is -1.75. The van der Waals surface area contributed by atoms with Gasteiger partial charge < -0.3 is 19.1 Å². The van der Waals surface area contributed by atoms with Crippen molar-refractivity contribution in [2.45, 2.75) is 6.42 Å². The van der Waals surface area contributed by atoms with Gasteiger partial charge in [0, 0.05) is 13.0 Å². The van der Waals surface area contributed by atoms with Crippen molar-refractivity contribution in [3.63, 3.8) is 0 Å². The molecule has 0 atom stereocenters. The summed E-state index contributed by atoms with van der Waals surface area (Å²) in [6.45, 7) is 0.691. The van der Waals surface area contributed by atoms with Gasteiger partial charge in [-0.05, 0) is 26.2 Å². The number of carbonyl (C=O) groups is 1. The van der Waals surface area contributed by atoms with Gasteiger partial charge in [-0.15, -0.1) is 0 Å². The van der Waals surface area contributed by atoms with E-state index in [0.29, 0.717) is 35.8 Å². The summed E-state index contributed by atoms with van der Waals surface area (Å²) in [5, 5.41) is 0. The Morgan fingerprint density at radius 2 is 1.68 bits per heavy atom. The van der Waals surface area contributed by atoms with E-state index in [4.69, 9.17) is 14.2 Å². The molecular weight excluding hydrogens is 246 g/mol. The second-order valence-electron chi connectivity index (χ2n) is 4.36. The topological polar surface area (TPSA) is 48.0 Å². The molecule has 0 heterocycles. The van der Waals surface area contributed by atoms with Gasteiger partial charge in [0.2, 0.25) is 5.75 Å². The van der Waals surface area contributed by atoms with Crippen molar-refractivity contribution >= 4 is 5.78 Å². The quantitative estimate of drug-likeness (QED) is 0.706. The van der Waals surface area contributed by atoms with Gasteiger partial charge in [-0.2, -0.15) is 0 Å². The van der Waals surface area contributed by atoms with E-state index in [9.17, 15) is 4.79 Å². The molecule has 0 bridgehead atoms. The Morgan fingerprint density at radius 3 is 2.16 bits per heavy atom. The molecular formula is C14H21NO4. The fourth-order valence-electron chi connectivity index (χ4n) is 1.78. The predicted octanol–water partition coefficient (Wildman–Crippen LogP) is 1.85. The smallest absolute Gasteiger partial charge is 0.204 e. The third kappa shape index (κ3) is 3.61. The first-order valence-electron chi connectivity index (χ1n) is 6.02. The Morgan fingerprint density at radius 1 is 1.05 bits per heavy atom. The third-order valence-electron chi connectivity index (χ3n) is 2.79. The van der Waals surface area contributed by atoms with Crippen LogP contribution in [0.2, 0.25) is 0 Å². The molecule has 0 saturated heterocycles. The maximum absolute atomic E-state index is 12.2. The van der Waals surface area contributed by atoms with Crippen LogP contribution in [0.5, 0.6) is 17.2 Å². The highest BCUT2D eigenvalue weighted by molar-refractivity contribution is 6.00. The number of benzene rings is 1. The minimum atomic E-state index is 0.0199. The van der Waals surface area contributed by atoms with Gasteiger partial charge in [-0.3, -0.25) is 4.79 Å². The fraction of sp³-hybridized carbons (Fsp3) is 0.500. The van der Waals surface area contributed by atoms with Gasteiger partial charge in [-0.1, -0.05) is 0 Å². The summed E-state index contributed by atoms with van der Waals surface area (Å²) < 4.78 is 15.7. The SMILES string of the molecule is COc1ccc(C(=O)CCN(C)C)c(OC)c1OC. The number of hydrogen-bond acceptors (Lipinski definition) is 5. The Labute approximate surface area is 114 Å². The number of carbonyl (C=O) groups excluding carboxylic acids is 1. The molecule has 0 N–H and O–H groups in total. The Bertz CT molecular complexity index is 443. The van der Waals surface area contributed by atoms with Crippen molar-refractivity contribution in [1.82, 2.24) is 4.90 Å². The van der Waals surface area contributed by atoms with E-state index in [2.05, 4.69) is 0 Å². The Balaban J connectivity index is 3.10. The third-order valence-corrected chi connectivity index (χ3v) is 2.79. The Kier molecular flexibility index (Phi) is 5.63. The molecule has 1 rings (SSSR count). The number of ether oxygens (including phenoxy) is 3. The summed E-state index contributed by atoms with van der Waals surface area (Å²) in [4.78, 5) is 14.2. The van der Waals surface area contributed by atoms with Crippen molar-refractivity contribution in [2.75, 3.05) is 42.0 Å². The van der Waals surface area contributed by atoms with Crippen LogP contribution < -0.4 is 14.2 Å². The van der Waals surface area contributed by atoms with Crippen molar-refractivity contribution < 1.29 is 19.0 Å². The van der Waals surface area contributed by atoms with Gasteiger partial charge in [-0.25, -0.2) is 0 Å². The minimum absolute atomic E-state index is 0.0199. The molecule has 0 aromatic heterocycles. The first kappa shape index (κ1) is 15.3. The molecule has 0 amide bonds. The highest BCUT2D eigenvalue weighted by Crippen LogP contribution is 2.40. The van der Waals surface area contributed by atoms with Crippen LogP contribution in [0.1, 0.15) is 16.8 Å². The summed E-state index contributed by atoms with van der Waals surface area (Å²) in [6.07, 6.45) is 0.429. The van der Waals surface area contributed by atoms with Gasteiger partial charge >= 0.3 is 0 Å². The lowest BCUT2D eigenvalue weighted by molar-refractivity contribution is 0.0969. The average Bonchev–Trinajstić information content (AvgIpc) is 2.42. The van der Waals surface area contributed by atoms with Gasteiger partial charge in [0.15, 0.2) is 17.3 Å². The van der Waals surface area contributed by atoms with E-state index in [1.54, 1.807) is 19.2 Å². The predicted molar refractivity (Wildman–Crippen MR) is 73.6 cm³/mol. The lowest BCUT2D eigenvalue weighted by Crippen LogP contribution is -2.17. The van der Waals surface area contributed by atoms with E-state index in [-0.39, 0.29) is 5.78 Å². The van der Waals surface area contributed by atoms with E-state index < -0.39 is 0 Å². The standard InChI is InChI=1S/C14H21NO4/c1-15(2)9-8-11(16)10-6-7-12(17-3)14(19-5)13(10)18-4/h6-7H,8-9H2,1-5H3. The number of rotatable bonds is 7. The monoisotopic (exact) mass is 267 g/mol. The molecule has 0 aliphatic carbocycles. The van der Waals surface area contributed by atoms with Gasteiger partial charge in [0.1, 0.15) is 0 Å². The molecule has 0 aliphatic rings. The number of methoxy groups -OCH3 is 3. The summed E-state index contributed by atoms with van der Waals surface area (Å²) in [5.41, 5.74) is 0.516. The normalized spacial score (nSPS) is 10.4. The van der Waals surface area contributed by atoms with Crippen LogP contribution in [0.25, 0.3) is 0 Å². The largest absolute Gasteiger partial charge is 0.493 e. The maximum atomic E-state index is 12.2. The zero-order chi connectivity index (χ0) is 14.4. The zero-order valence-electron chi connectivity index (χ0n) is 12.1. The number of Topliss-reactive ketones (excluding diaryl/α,β-unsaturated/α-hetero) is 1. The molecule has 0 spiro atoms. The molecule has 5 heteroatoms. The van der Waals surface area contributed by atoms with Crippen molar-refractivity contribution in [3.8, 4) is 17.2 Å². The van der Waals surface area contributed by atoms with Crippen molar-refractivity contribution in [2.24, 2.45) is 0 Å². The molecule has 1 aromatic carbocycles. The summed E-state index contributed by atoms with van der Waals surface area (Å²) in [7, 11) is 8.44. The average molecular weight is 267 g/mol. The first-order valence-corrected chi connectivity index (χ1v) is 6.02. The van der Waals surface area contributed by atoms with E-state index >= 15 is 0 Å². The number of hydrogen-bond donors (Lipinski definition) is 0. The molecule has 0 saturated carbocycles. The summed E-state index contributed by atoms with van der Waals surface area (Å²) in [6, 6.07) is 3.42. The second kappa shape index (κ2) is 6.99. The molecule has 0 aliphatic heterocycles. The van der Waals surface area contributed by atoms with E-state index in [0.717, 1.165) is 0 Å². The number of ketones is 1. The highest BCUT2D eigenvalue weighted by atomic mass is 16.5. The molecule has 106 valence electrons. The lowest BCUT2D eigenvalue weighted by Gasteiger charge is -2.15.